The van der Waals surface area contributed by atoms with E-state index in [0.717, 1.165) is 23.9 Å². The van der Waals surface area contributed by atoms with Crippen LogP contribution >= 0.6 is 0 Å². The molecule has 128 valence electrons. The summed E-state index contributed by atoms with van der Waals surface area (Å²) >= 11 is 0. The molecule has 0 saturated carbocycles. The first-order valence-corrected chi connectivity index (χ1v) is 8.44. The average molecular weight is 335 g/mol. The van der Waals surface area contributed by atoms with Gasteiger partial charge in [0.1, 0.15) is 5.69 Å². The van der Waals surface area contributed by atoms with Crippen molar-refractivity contribution in [2.75, 3.05) is 19.8 Å². The molecular formula is C20H21N3O2. The van der Waals surface area contributed by atoms with E-state index in [0.29, 0.717) is 25.5 Å². The van der Waals surface area contributed by atoms with Gasteiger partial charge in [0.2, 0.25) is 0 Å². The number of hydrogen-bond acceptors (Lipinski definition) is 4. The third kappa shape index (κ3) is 5.09. The summed E-state index contributed by atoms with van der Waals surface area (Å²) in [5.74, 6) is -0.206. The SMILES string of the molecule is O=C(NCCCOCCc1ccccc1)c1cnc2ccccc2n1. The number of nitrogens with one attached hydrogen (secondary N) is 1. The van der Waals surface area contributed by atoms with Crippen LogP contribution in [0.5, 0.6) is 0 Å². The maximum Gasteiger partial charge on any atom is 0.271 e. The number of amides is 1. The molecule has 0 atom stereocenters. The Morgan fingerprint density at radius 2 is 1.72 bits per heavy atom. The molecule has 0 unspecified atom stereocenters. The van der Waals surface area contributed by atoms with Gasteiger partial charge in [-0.3, -0.25) is 9.78 Å². The zero-order valence-electron chi connectivity index (χ0n) is 14.0. The zero-order valence-corrected chi connectivity index (χ0v) is 14.0. The Balaban J connectivity index is 1.34. The Bertz CT molecular complexity index is 821. The van der Waals surface area contributed by atoms with Crippen LogP contribution in [-0.4, -0.2) is 35.6 Å². The van der Waals surface area contributed by atoms with E-state index in [2.05, 4.69) is 27.4 Å². The number of benzene rings is 2. The summed E-state index contributed by atoms with van der Waals surface area (Å²) in [6.07, 6.45) is 3.18. The van der Waals surface area contributed by atoms with Crippen molar-refractivity contribution >= 4 is 16.9 Å². The van der Waals surface area contributed by atoms with Crippen molar-refractivity contribution in [3.63, 3.8) is 0 Å². The van der Waals surface area contributed by atoms with E-state index >= 15 is 0 Å². The molecule has 1 heterocycles. The smallest absolute Gasteiger partial charge is 0.271 e. The van der Waals surface area contributed by atoms with E-state index in [1.807, 2.05) is 42.5 Å². The first kappa shape index (κ1) is 17.0. The summed E-state index contributed by atoms with van der Waals surface area (Å²) in [6.45, 7) is 1.86. The maximum absolute atomic E-state index is 12.1. The number of nitrogens with zero attached hydrogens (tertiary/aromatic N) is 2. The van der Waals surface area contributed by atoms with Gasteiger partial charge in [0.15, 0.2) is 0 Å². The number of carbonyl (C=O) groups is 1. The van der Waals surface area contributed by atoms with Crippen molar-refractivity contribution in [2.24, 2.45) is 0 Å². The van der Waals surface area contributed by atoms with Crippen LogP contribution in [0.1, 0.15) is 22.5 Å². The molecular weight excluding hydrogens is 314 g/mol. The van der Waals surface area contributed by atoms with Crippen molar-refractivity contribution in [3.05, 3.63) is 72.1 Å². The molecule has 0 fully saturated rings. The Morgan fingerprint density at radius 1 is 0.960 bits per heavy atom. The molecule has 0 saturated heterocycles. The van der Waals surface area contributed by atoms with Gasteiger partial charge in [-0.25, -0.2) is 4.98 Å². The molecule has 3 aromatic rings. The second-order valence-electron chi connectivity index (χ2n) is 5.70. The molecule has 1 aromatic heterocycles. The van der Waals surface area contributed by atoms with Crippen LogP contribution in [0.4, 0.5) is 0 Å². The minimum Gasteiger partial charge on any atom is -0.381 e. The Morgan fingerprint density at radius 3 is 2.56 bits per heavy atom. The second kappa shape index (κ2) is 8.89. The van der Waals surface area contributed by atoms with E-state index in [9.17, 15) is 4.79 Å². The Hall–Kier alpha value is -2.79. The third-order valence-corrected chi connectivity index (χ3v) is 3.81. The Labute approximate surface area is 147 Å². The molecule has 3 rings (SSSR count). The van der Waals surface area contributed by atoms with Crippen LogP contribution in [0, 0.1) is 0 Å². The topological polar surface area (TPSA) is 64.1 Å². The van der Waals surface area contributed by atoms with Gasteiger partial charge in [-0.05, 0) is 30.5 Å². The number of rotatable bonds is 8. The fourth-order valence-corrected chi connectivity index (χ4v) is 2.47. The molecule has 1 N–H and O–H groups in total. The fourth-order valence-electron chi connectivity index (χ4n) is 2.47. The number of para-hydroxylation sites is 2. The minimum absolute atomic E-state index is 0.206. The summed E-state index contributed by atoms with van der Waals surface area (Å²) < 4.78 is 5.60. The lowest BCUT2D eigenvalue weighted by atomic mass is 10.2. The fraction of sp³-hybridized carbons (Fsp3) is 0.250. The van der Waals surface area contributed by atoms with E-state index in [1.165, 1.54) is 11.8 Å². The number of fused-ring (bicyclic) bond motifs is 1. The molecule has 25 heavy (non-hydrogen) atoms. The summed E-state index contributed by atoms with van der Waals surface area (Å²) in [7, 11) is 0. The molecule has 0 aliphatic carbocycles. The van der Waals surface area contributed by atoms with E-state index in [1.54, 1.807) is 0 Å². The van der Waals surface area contributed by atoms with Gasteiger partial charge in [0.05, 0.1) is 23.8 Å². The molecule has 0 aliphatic heterocycles. The van der Waals surface area contributed by atoms with Crippen molar-refractivity contribution in [3.8, 4) is 0 Å². The summed E-state index contributed by atoms with van der Waals surface area (Å²) in [5.41, 5.74) is 3.11. The molecule has 2 aromatic carbocycles. The largest absolute Gasteiger partial charge is 0.381 e. The summed E-state index contributed by atoms with van der Waals surface area (Å²) in [4.78, 5) is 20.7. The monoisotopic (exact) mass is 335 g/mol. The van der Waals surface area contributed by atoms with Crippen LogP contribution < -0.4 is 5.32 Å². The van der Waals surface area contributed by atoms with E-state index in [-0.39, 0.29) is 5.91 Å². The number of ether oxygens (including phenoxy) is 1. The first-order chi connectivity index (χ1) is 12.3. The van der Waals surface area contributed by atoms with Crippen LogP contribution in [0.3, 0.4) is 0 Å². The maximum atomic E-state index is 12.1. The van der Waals surface area contributed by atoms with Gasteiger partial charge in [0.25, 0.3) is 5.91 Å². The van der Waals surface area contributed by atoms with E-state index < -0.39 is 0 Å². The lowest BCUT2D eigenvalue weighted by molar-refractivity contribution is 0.0937. The zero-order chi connectivity index (χ0) is 17.3. The highest BCUT2D eigenvalue weighted by Crippen LogP contribution is 2.08. The van der Waals surface area contributed by atoms with Gasteiger partial charge >= 0.3 is 0 Å². The normalized spacial score (nSPS) is 10.7. The molecule has 0 radical (unpaired) electrons. The van der Waals surface area contributed by atoms with Crippen molar-refractivity contribution in [1.29, 1.82) is 0 Å². The molecule has 0 aliphatic rings. The summed E-state index contributed by atoms with van der Waals surface area (Å²) in [5, 5.41) is 2.85. The summed E-state index contributed by atoms with van der Waals surface area (Å²) in [6, 6.07) is 17.7. The minimum atomic E-state index is -0.206. The first-order valence-electron chi connectivity index (χ1n) is 8.44. The van der Waals surface area contributed by atoms with Gasteiger partial charge in [-0.15, -0.1) is 0 Å². The number of hydrogen-bond donors (Lipinski definition) is 1. The van der Waals surface area contributed by atoms with Gasteiger partial charge < -0.3 is 10.1 Å². The quantitative estimate of drug-likeness (QED) is 0.643. The molecule has 5 nitrogen and oxygen atoms in total. The van der Waals surface area contributed by atoms with Crippen molar-refractivity contribution < 1.29 is 9.53 Å². The van der Waals surface area contributed by atoms with Crippen LogP contribution in [-0.2, 0) is 11.2 Å². The highest BCUT2D eigenvalue weighted by molar-refractivity contribution is 5.93. The number of carbonyl (C=O) groups excluding carboxylic acids is 1. The highest BCUT2D eigenvalue weighted by atomic mass is 16.5. The molecule has 1 amide bonds. The van der Waals surface area contributed by atoms with E-state index in [4.69, 9.17) is 4.74 Å². The predicted octanol–water partition coefficient (Wildman–Crippen LogP) is 3.01. The number of aromatic nitrogens is 2. The van der Waals surface area contributed by atoms with Gasteiger partial charge in [0, 0.05) is 13.2 Å². The molecule has 0 spiro atoms. The molecule has 0 bridgehead atoms. The predicted molar refractivity (Wildman–Crippen MR) is 97.5 cm³/mol. The standard InChI is InChI=1S/C20H21N3O2/c24-20(19-15-22-17-9-4-5-10-18(17)23-19)21-12-6-13-25-14-11-16-7-2-1-3-8-16/h1-5,7-10,15H,6,11-14H2,(H,21,24). The van der Waals surface area contributed by atoms with Gasteiger partial charge in [-0.2, -0.15) is 0 Å². The second-order valence-corrected chi connectivity index (χ2v) is 5.70. The highest BCUT2D eigenvalue weighted by Gasteiger charge is 2.08. The molecule has 5 heteroatoms. The van der Waals surface area contributed by atoms with Crippen molar-refractivity contribution in [2.45, 2.75) is 12.8 Å². The van der Waals surface area contributed by atoms with Crippen LogP contribution in [0.15, 0.2) is 60.8 Å². The van der Waals surface area contributed by atoms with Crippen LogP contribution in [0.25, 0.3) is 11.0 Å². The lowest BCUT2D eigenvalue weighted by Gasteiger charge is -2.06. The third-order valence-electron chi connectivity index (χ3n) is 3.81. The average Bonchev–Trinajstić information content (AvgIpc) is 2.67. The van der Waals surface area contributed by atoms with Crippen LogP contribution in [0.2, 0.25) is 0 Å². The van der Waals surface area contributed by atoms with Gasteiger partial charge in [-0.1, -0.05) is 42.5 Å². The Kier molecular flexibility index (Phi) is 6.06. The lowest BCUT2D eigenvalue weighted by Crippen LogP contribution is -2.26. The van der Waals surface area contributed by atoms with Crippen molar-refractivity contribution in [1.82, 2.24) is 15.3 Å².